The predicted octanol–water partition coefficient (Wildman–Crippen LogP) is 1.48. The molecule has 1 aromatic rings. The first-order valence-corrected chi connectivity index (χ1v) is 6.88. The van der Waals surface area contributed by atoms with Crippen LogP contribution in [0.3, 0.4) is 0 Å². The summed E-state index contributed by atoms with van der Waals surface area (Å²) in [5.74, 6) is 0.349. The van der Waals surface area contributed by atoms with Gasteiger partial charge in [0.1, 0.15) is 16.5 Å². The molecule has 3 heterocycles. The molecule has 2 amide bonds. The Balaban J connectivity index is 1.95. The molecule has 0 saturated carbocycles. The fourth-order valence-electron chi connectivity index (χ4n) is 2.43. The van der Waals surface area contributed by atoms with E-state index in [1.54, 1.807) is 0 Å². The summed E-state index contributed by atoms with van der Waals surface area (Å²) < 4.78 is 0.735. The summed E-state index contributed by atoms with van der Waals surface area (Å²) in [6.07, 6.45) is 4.91. The van der Waals surface area contributed by atoms with Crippen molar-refractivity contribution in [1.29, 1.82) is 0 Å². The first-order chi connectivity index (χ1) is 9.15. The van der Waals surface area contributed by atoms with Crippen molar-refractivity contribution in [2.24, 2.45) is 0 Å². The molecule has 1 unspecified atom stereocenters. The van der Waals surface area contributed by atoms with Crippen LogP contribution in [0.4, 0.5) is 5.82 Å². The second kappa shape index (κ2) is 4.77. The number of hydrogen-bond acceptors (Lipinski definition) is 4. The number of nitrogens with one attached hydrogen (secondary N) is 1. The van der Waals surface area contributed by atoms with Crippen LogP contribution < -0.4 is 10.2 Å². The highest BCUT2D eigenvalue weighted by molar-refractivity contribution is 9.10. The zero-order valence-electron chi connectivity index (χ0n) is 10.1. The van der Waals surface area contributed by atoms with E-state index in [1.165, 1.54) is 0 Å². The maximum Gasteiger partial charge on any atom is 0.249 e. The second-order valence-electron chi connectivity index (χ2n) is 4.57. The molecule has 6 heteroatoms. The van der Waals surface area contributed by atoms with E-state index in [4.69, 9.17) is 0 Å². The highest BCUT2D eigenvalue weighted by Gasteiger charge is 2.33. The minimum Gasteiger partial charge on any atom is -0.340 e. The minimum absolute atomic E-state index is 0.198. The van der Waals surface area contributed by atoms with Gasteiger partial charge < -0.3 is 4.90 Å². The molecule has 0 bridgehead atoms. The summed E-state index contributed by atoms with van der Waals surface area (Å²) in [6, 6.07) is 3.50. The van der Waals surface area contributed by atoms with Gasteiger partial charge in [0.15, 0.2) is 0 Å². The maximum atomic E-state index is 12.0. The average molecular weight is 322 g/mol. The van der Waals surface area contributed by atoms with Gasteiger partial charge in [-0.15, -0.1) is 0 Å². The van der Waals surface area contributed by atoms with Crippen molar-refractivity contribution in [3.05, 3.63) is 28.4 Å². The molecule has 1 fully saturated rings. The second-order valence-corrected chi connectivity index (χ2v) is 5.38. The SMILES string of the molecule is O=C1CCC(N2CC=Cc3ccc(Br)nc32)C(=O)N1. The third kappa shape index (κ3) is 2.28. The Bertz CT molecular complexity index is 585. The maximum absolute atomic E-state index is 12.0. The Kier molecular flexibility index (Phi) is 3.10. The van der Waals surface area contributed by atoms with Crippen LogP contribution in [0.25, 0.3) is 6.08 Å². The lowest BCUT2D eigenvalue weighted by Gasteiger charge is -2.35. The molecule has 0 aromatic carbocycles. The lowest BCUT2D eigenvalue weighted by Crippen LogP contribution is -2.53. The standard InChI is InChI=1S/C13H12BrN3O2/c14-10-5-3-8-2-1-7-17(12(8)15-10)9-4-6-11(18)16-13(9)19/h1-3,5,9H,4,6-7H2,(H,16,18,19). The van der Waals surface area contributed by atoms with Gasteiger partial charge in [-0.05, 0) is 34.5 Å². The lowest BCUT2D eigenvalue weighted by atomic mass is 10.0. The van der Waals surface area contributed by atoms with Crippen molar-refractivity contribution in [3.8, 4) is 0 Å². The summed E-state index contributed by atoms with van der Waals surface area (Å²) in [6.45, 7) is 0.628. The number of imide groups is 1. The fraction of sp³-hybridized carbons (Fsp3) is 0.308. The molecule has 0 spiro atoms. The molecule has 3 rings (SSSR count). The Hall–Kier alpha value is -1.69. The Morgan fingerprint density at radius 1 is 1.37 bits per heavy atom. The van der Waals surface area contributed by atoms with Gasteiger partial charge in [-0.1, -0.05) is 12.2 Å². The number of pyridine rings is 1. The van der Waals surface area contributed by atoms with Crippen LogP contribution in [0.5, 0.6) is 0 Å². The van der Waals surface area contributed by atoms with E-state index < -0.39 is 0 Å². The van der Waals surface area contributed by atoms with E-state index in [0.29, 0.717) is 19.4 Å². The smallest absolute Gasteiger partial charge is 0.249 e. The Labute approximate surface area is 118 Å². The predicted molar refractivity (Wildman–Crippen MR) is 74.5 cm³/mol. The number of anilines is 1. The number of aromatic nitrogens is 1. The number of carbonyl (C=O) groups excluding carboxylic acids is 2. The van der Waals surface area contributed by atoms with Crippen LogP contribution >= 0.6 is 15.9 Å². The van der Waals surface area contributed by atoms with Gasteiger partial charge in [-0.3, -0.25) is 14.9 Å². The van der Waals surface area contributed by atoms with Crippen LogP contribution in [0.15, 0.2) is 22.8 Å². The molecule has 2 aliphatic rings. The van der Waals surface area contributed by atoms with E-state index >= 15 is 0 Å². The first-order valence-electron chi connectivity index (χ1n) is 6.08. The van der Waals surface area contributed by atoms with Crippen molar-refractivity contribution in [2.75, 3.05) is 11.4 Å². The van der Waals surface area contributed by atoms with Gasteiger partial charge >= 0.3 is 0 Å². The van der Waals surface area contributed by atoms with Crippen LogP contribution in [0.1, 0.15) is 18.4 Å². The Morgan fingerprint density at radius 3 is 3.00 bits per heavy atom. The fourth-order valence-corrected chi connectivity index (χ4v) is 2.73. The summed E-state index contributed by atoms with van der Waals surface area (Å²) in [5.41, 5.74) is 0.985. The summed E-state index contributed by atoms with van der Waals surface area (Å²) in [4.78, 5) is 29.6. The van der Waals surface area contributed by atoms with Crippen molar-refractivity contribution < 1.29 is 9.59 Å². The van der Waals surface area contributed by atoms with Gasteiger partial charge in [0, 0.05) is 18.5 Å². The van der Waals surface area contributed by atoms with E-state index in [0.717, 1.165) is 16.0 Å². The van der Waals surface area contributed by atoms with E-state index in [-0.39, 0.29) is 17.9 Å². The average Bonchev–Trinajstić information content (AvgIpc) is 2.38. The molecule has 5 nitrogen and oxygen atoms in total. The number of piperidine rings is 1. The number of rotatable bonds is 1. The third-order valence-corrected chi connectivity index (χ3v) is 3.77. The number of fused-ring (bicyclic) bond motifs is 1. The molecular formula is C13H12BrN3O2. The zero-order valence-corrected chi connectivity index (χ0v) is 11.7. The van der Waals surface area contributed by atoms with Crippen LogP contribution in [-0.4, -0.2) is 29.4 Å². The topological polar surface area (TPSA) is 62.3 Å². The molecule has 1 aromatic heterocycles. The molecule has 19 heavy (non-hydrogen) atoms. The molecule has 98 valence electrons. The van der Waals surface area contributed by atoms with Crippen molar-refractivity contribution >= 4 is 39.6 Å². The number of halogens is 1. The van der Waals surface area contributed by atoms with Crippen molar-refractivity contribution in [3.63, 3.8) is 0 Å². The van der Waals surface area contributed by atoms with Crippen LogP contribution in [0.2, 0.25) is 0 Å². The molecule has 1 N–H and O–H groups in total. The van der Waals surface area contributed by atoms with Gasteiger partial charge in [-0.2, -0.15) is 0 Å². The molecule has 1 atom stereocenters. The van der Waals surface area contributed by atoms with Crippen molar-refractivity contribution in [1.82, 2.24) is 10.3 Å². The molecule has 1 saturated heterocycles. The van der Waals surface area contributed by atoms with Crippen LogP contribution in [-0.2, 0) is 9.59 Å². The van der Waals surface area contributed by atoms with Gasteiger partial charge in [0.25, 0.3) is 0 Å². The first kappa shape index (κ1) is 12.3. The Morgan fingerprint density at radius 2 is 2.21 bits per heavy atom. The summed E-state index contributed by atoms with van der Waals surface area (Å²) in [7, 11) is 0. The van der Waals surface area contributed by atoms with Gasteiger partial charge in [0.2, 0.25) is 11.8 Å². The van der Waals surface area contributed by atoms with Gasteiger partial charge in [0.05, 0.1) is 0 Å². The molecule has 2 aliphatic heterocycles. The normalized spacial score (nSPS) is 22.2. The van der Waals surface area contributed by atoms with Crippen molar-refractivity contribution in [2.45, 2.75) is 18.9 Å². The zero-order chi connectivity index (χ0) is 13.4. The number of carbonyl (C=O) groups is 2. The van der Waals surface area contributed by atoms with E-state index in [1.807, 2.05) is 29.2 Å². The number of amides is 2. The summed E-state index contributed by atoms with van der Waals surface area (Å²) in [5, 5.41) is 2.39. The lowest BCUT2D eigenvalue weighted by molar-refractivity contribution is -0.134. The molecular weight excluding hydrogens is 310 g/mol. The number of hydrogen-bond donors (Lipinski definition) is 1. The highest BCUT2D eigenvalue weighted by atomic mass is 79.9. The minimum atomic E-state index is -0.330. The number of nitrogens with zero attached hydrogens (tertiary/aromatic N) is 2. The third-order valence-electron chi connectivity index (χ3n) is 3.33. The highest BCUT2D eigenvalue weighted by Crippen LogP contribution is 2.29. The van der Waals surface area contributed by atoms with E-state index in [9.17, 15) is 9.59 Å². The van der Waals surface area contributed by atoms with Crippen LogP contribution in [0, 0.1) is 0 Å². The largest absolute Gasteiger partial charge is 0.340 e. The van der Waals surface area contributed by atoms with E-state index in [2.05, 4.69) is 26.2 Å². The quantitative estimate of drug-likeness (QED) is 0.628. The monoisotopic (exact) mass is 321 g/mol. The molecule has 0 radical (unpaired) electrons. The summed E-state index contributed by atoms with van der Waals surface area (Å²) >= 11 is 3.35. The van der Waals surface area contributed by atoms with Gasteiger partial charge in [-0.25, -0.2) is 4.98 Å². The molecule has 0 aliphatic carbocycles.